The molecule has 782 valence electrons. The van der Waals surface area contributed by atoms with Crippen LogP contribution < -0.4 is 101 Å². The smallest absolute Gasteiger partial charge is 0.328 e. The summed E-state index contributed by atoms with van der Waals surface area (Å²) in [5.41, 5.74) is 9.59. The molecule has 0 aliphatic rings. The Morgan fingerprint density at radius 3 is 0.818 bits per heavy atom. The maximum absolute atomic E-state index is 14.1. The van der Waals surface area contributed by atoms with Crippen LogP contribution in [0.5, 0.6) is 0 Å². The normalized spacial score (nSPS) is 12.5. The van der Waals surface area contributed by atoms with Gasteiger partial charge in [0.05, 0.1) is 79.1 Å². The molecule has 7 unspecified atom stereocenters. The molecule has 12 rings (SSSR count). The van der Waals surface area contributed by atoms with E-state index in [0.29, 0.717) is 145 Å². The monoisotopic (exact) mass is 2050 g/mol. The van der Waals surface area contributed by atoms with Crippen LogP contribution in [0.15, 0.2) is 147 Å². The molecule has 148 heavy (non-hydrogen) atoms. The standard InChI is InChI=1S/C91H111N35O22/c92-59(81(138)122-61(83(140)112-50-76(133)121-65(87(147)148)46-110-80(137)54-8-15-69-58(38-54)42-116-126(69)34-4-22-96-91-103-29-30-104-91)11-18-71(128)106-48-74(131)119-63(85(143)144)44-108-78(135)52-6-13-67-56(36-52)40-114-124(67)32-2-20-94-89-99-25-26-100-89)9-16-72(129)117-60(82(139)111-49-75(132)120-64(86(145)146)45-109-79(136)53-7-14-68-57(37-53)41-115-125(68)33-3-21-95-90-101-27-28-102-90)10-17-70(127)105-47-73(130)118-62(84(141)142)43-107-77(134)51-5-12-66-55(35-51)39-113-123(66)31-1-19-93-88-97-23-24-98-88/h5-8,12-15,23-30,35-42,59-65H,1-4,9-11,16-22,31-34,43-50,92H2,(H,105,127)(H,106,128)(H,107,134)(H,108,135)(H,109,136)(H,110,137)(H,111,139)(H,112,140)(H,117,129)(H,118,130)(H,119,131)(H,120,132)(H,121,133)(H,122,138)(H,141,142)(H,143,144)(H,145,146)(H,147,148)(H2,93,97,98)(H2,94,99,100)(H2,95,101,102)(H2,96,103,104). The predicted molar refractivity (Wildman–Crippen MR) is 525 cm³/mol. The molecule has 8 aromatic heterocycles. The van der Waals surface area contributed by atoms with Crippen LogP contribution in [-0.2, 0) is 93.3 Å². The zero-order chi connectivity index (χ0) is 106. The van der Waals surface area contributed by atoms with Crippen molar-refractivity contribution in [3.63, 3.8) is 0 Å². The van der Waals surface area contributed by atoms with E-state index in [4.69, 9.17) is 5.73 Å². The maximum atomic E-state index is 14.1. The molecular formula is C91H111N35O22. The van der Waals surface area contributed by atoms with Crippen LogP contribution in [0, 0.1) is 0 Å². The van der Waals surface area contributed by atoms with Crippen molar-refractivity contribution in [2.75, 3.05) is 99.8 Å². The highest BCUT2D eigenvalue weighted by Crippen LogP contribution is 2.22. The van der Waals surface area contributed by atoms with Crippen molar-refractivity contribution in [3.05, 3.63) is 169 Å². The molecule has 0 spiro atoms. The third-order valence-corrected chi connectivity index (χ3v) is 22.7. The molecule has 0 bridgehead atoms. The number of rotatable bonds is 62. The molecule has 0 saturated heterocycles. The Morgan fingerprint density at radius 2 is 0.554 bits per heavy atom. The van der Waals surface area contributed by atoms with E-state index in [1.165, 1.54) is 36.4 Å². The fourth-order valence-electron chi connectivity index (χ4n) is 15.0. The van der Waals surface area contributed by atoms with E-state index in [2.05, 4.69) is 156 Å². The minimum absolute atomic E-state index is 0.106. The second kappa shape index (κ2) is 53.9. The van der Waals surface area contributed by atoms with Gasteiger partial charge in [0.1, 0.15) is 36.3 Å². The number of nitrogens with zero attached hydrogens (tertiary/aromatic N) is 12. The number of aromatic amines is 4. The van der Waals surface area contributed by atoms with Crippen LogP contribution in [0.1, 0.15) is 106 Å². The highest BCUT2D eigenvalue weighted by molar-refractivity contribution is 6.03. The molecule has 57 heteroatoms. The van der Waals surface area contributed by atoms with Crippen molar-refractivity contribution < 1.29 is 107 Å². The first kappa shape index (κ1) is 108. The first-order valence-electron chi connectivity index (χ1n) is 46.7. The van der Waals surface area contributed by atoms with Gasteiger partial charge in [0, 0.05) is 191 Å². The number of carbonyl (C=O) groups is 18. The zero-order valence-electron chi connectivity index (χ0n) is 79.4. The number of aromatic nitrogens is 16. The highest BCUT2D eigenvalue weighted by Gasteiger charge is 2.32. The van der Waals surface area contributed by atoms with Crippen LogP contribution in [0.4, 0.5) is 23.8 Å². The molecule has 0 saturated carbocycles. The zero-order valence-corrected chi connectivity index (χ0v) is 79.4. The van der Waals surface area contributed by atoms with Gasteiger partial charge in [-0.15, -0.1) is 0 Å². The van der Waals surface area contributed by atoms with E-state index in [1.54, 1.807) is 129 Å². The number of fused-ring (bicyclic) bond motifs is 4. The maximum Gasteiger partial charge on any atom is 0.328 e. The molecule has 4 aromatic carbocycles. The SMILES string of the molecule is NC(CCC(=O)NC(CCC(=O)NCC(=O)NC(CNC(=O)c1ccc2c(cnn2CCCNc2ncc[nH]2)c1)C(=O)O)C(=O)NCC(=O)NC(CNC(=O)c1ccc2c(cnn2CCCNc2ncc[nH]2)c1)C(=O)O)C(=O)NC(CCC(=O)NCC(=O)NC(CNC(=O)c1ccc2c(cnn2CCCNc2ncc[nH]2)c1)C(=O)O)C(=O)NCC(=O)NC(CNC(=O)c1ccc2c(cnn2CCCNc2ncc[nH]2)c1)C(=O)O. The summed E-state index contributed by atoms with van der Waals surface area (Å²) < 4.78 is 6.94. The quantitative estimate of drug-likeness (QED) is 0.0164. The van der Waals surface area contributed by atoms with Gasteiger partial charge in [-0.2, -0.15) is 20.4 Å². The van der Waals surface area contributed by atoms with Crippen molar-refractivity contribution in [1.29, 1.82) is 0 Å². The summed E-state index contributed by atoms with van der Waals surface area (Å²) >= 11 is 0. The largest absolute Gasteiger partial charge is 0.480 e. The summed E-state index contributed by atoms with van der Waals surface area (Å²) in [5.74, 6) is -18.0. The lowest BCUT2D eigenvalue weighted by Crippen LogP contribution is -2.55. The number of anilines is 4. The number of nitrogens with two attached hydrogens (primary N) is 1. The van der Waals surface area contributed by atoms with Gasteiger partial charge in [-0.3, -0.25) is 85.9 Å². The third kappa shape index (κ3) is 32.9. The number of benzene rings is 4. The molecular weight excluding hydrogens is 1940 g/mol. The van der Waals surface area contributed by atoms with Gasteiger partial charge in [0.25, 0.3) is 23.6 Å². The molecule has 7 atom stereocenters. The summed E-state index contributed by atoms with van der Waals surface area (Å²) in [4.78, 5) is 268. The van der Waals surface area contributed by atoms with Gasteiger partial charge < -0.3 is 142 Å². The molecule has 14 amide bonds. The fourth-order valence-corrected chi connectivity index (χ4v) is 15.0. The van der Waals surface area contributed by atoms with Crippen molar-refractivity contribution in [2.24, 2.45) is 5.73 Å². The number of hydrogen-bond donors (Lipinski definition) is 27. The number of carboxylic acid groups (broad SMARTS) is 4. The Hall–Kier alpha value is -18.8. The van der Waals surface area contributed by atoms with Crippen LogP contribution in [0.3, 0.4) is 0 Å². The first-order valence-corrected chi connectivity index (χ1v) is 46.7. The third-order valence-electron chi connectivity index (χ3n) is 22.7. The summed E-state index contributed by atoms with van der Waals surface area (Å²) in [7, 11) is 0. The summed E-state index contributed by atoms with van der Waals surface area (Å²) in [6, 6.07) is 6.19. The second-order valence-corrected chi connectivity index (χ2v) is 33.5. The summed E-state index contributed by atoms with van der Waals surface area (Å²) in [6.07, 6.45) is 17.8. The number of aryl methyl sites for hydroxylation is 4. The number of H-pyrrole nitrogens is 4. The lowest BCUT2D eigenvalue weighted by molar-refractivity contribution is -0.142. The Balaban J connectivity index is 0.654. The molecule has 0 fully saturated rings. The molecule has 12 aromatic rings. The molecule has 28 N–H and O–H groups in total. The molecule has 0 aliphatic carbocycles. The lowest BCUT2D eigenvalue weighted by atomic mass is 10.1. The number of carbonyl (C=O) groups excluding carboxylic acids is 14. The van der Waals surface area contributed by atoms with Gasteiger partial charge in [0.15, 0.2) is 23.8 Å². The minimum atomic E-state index is -1.85. The number of carboxylic acids is 4. The highest BCUT2D eigenvalue weighted by atomic mass is 16.4. The topological polar surface area (TPSA) is 817 Å². The van der Waals surface area contributed by atoms with Gasteiger partial charge >= 0.3 is 23.9 Å². The summed E-state index contributed by atoms with van der Waals surface area (Å²) in [6.45, 7) is -2.12. The van der Waals surface area contributed by atoms with E-state index in [0.717, 1.165) is 0 Å². The van der Waals surface area contributed by atoms with Crippen molar-refractivity contribution >= 4 is 174 Å². The Morgan fingerprint density at radius 1 is 0.297 bits per heavy atom. The van der Waals surface area contributed by atoms with Crippen LogP contribution in [0.25, 0.3) is 43.6 Å². The van der Waals surface area contributed by atoms with E-state index in [9.17, 15) is 107 Å². The van der Waals surface area contributed by atoms with Crippen LogP contribution in [0.2, 0.25) is 0 Å². The number of amides is 14. The Labute approximate surface area is 838 Å². The van der Waals surface area contributed by atoms with Gasteiger partial charge in [0.2, 0.25) is 59.1 Å². The Kier molecular flexibility index (Phi) is 39.3. The number of aliphatic carboxylic acids is 4. The number of nitrogens with one attached hydrogen (secondary N) is 22. The first-order chi connectivity index (χ1) is 71.3. The number of hydrogen-bond acceptors (Lipinski definition) is 31. The molecule has 8 heterocycles. The van der Waals surface area contributed by atoms with E-state index >= 15 is 0 Å². The average Bonchev–Trinajstić information content (AvgIpc) is 1.68. The van der Waals surface area contributed by atoms with Crippen molar-refractivity contribution in [2.45, 2.75) is 133 Å². The minimum Gasteiger partial charge on any atom is -0.480 e. The fraction of sp³-hybridized carbons (Fsp3) is 0.363. The molecule has 57 nitrogen and oxygen atoms in total. The number of imidazole rings is 4. The average molecular weight is 2050 g/mol. The van der Waals surface area contributed by atoms with Crippen molar-refractivity contribution in [3.8, 4) is 0 Å². The van der Waals surface area contributed by atoms with Gasteiger partial charge in [-0.25, -0.2) is 39.1 Å². The lowest BCUT2D eigenvalue weighted by Gasteiger charge is -2.22. The van der Waals surface area contributed by atoms with Crippen LogP contribution in [-0.4, -0.2) is 327 Å². The molecule has 0 aliphatic heterocycles. The second-order valence-electron chi connectivity index (χ2n) is 33.5. The Bertz CT molecular complexity index is 6680. The van der Waals surface area contributed by atoms with Gasteiger partial charge in [-0.1, -0.05) is 0 Å². The van der Waals surface area contributed by atoms with Crippen molar-refractivity contribution in [1.82, 2.24) is 153 Å². The predicted octanol–water partition coefficient (Wildman–Crippen LogP) is -3.61. The summed E-state index contributed by atoms with van der Waals surface area (Å²) in [5, 5.41) is 105. The van der Waals surface area contributed by atoms with Gasteiger partial charge in [-0.05, 0) is 118 Å². The van der Waals surface area contributed by atoms with E-state index in [1.807, 2.05) is 0 Å². The van der Waals surface area contributed by atoms with E-state index < -0.39 is 240 Å². The van der Waals surface area contributed by atoms with Crippen LogP contribution >= 0.6 is 0 Å². The van der Waals surface area contributed by atoms with E-state index in [-0.39, 0.29) is 22.3 Å². The molecule has 0 radical (unpaired) electrons.